The van der Waals surface area contributed by atoms with Crippen molar-refractivity contribution < 1.29 is 14.5 Å². The third-order valence-corrected chi connectivity index (χ3v) is 4.24. The third-order valence-electron chi connectivity index (χ3n) is 4.24. The van der Waals surface area contributed by atoms with Gasteiger partial charge in [0.05, 0.1) is 10.5 Å². The summed E-state index contributed by atoms with van der Waals surface area (Å²) in [6, 6.07) is 15.1. The summed E-state index contributed by atoms with van der Waals surface area (Å²) in [5, 5.41) is 13.8. The Labute approximate surface area is 144 Å². The van der Waals surface area contributed by atoms with Crippen molar-refractivity contribution in [2.75, 3.05) is 5.32 Å². The van der Waals surface area contributed by atoms with E-state index in [4.69, 9.17) is 0 Å². The number of rotatable bonds is 6. The molecule has 0 radical (unpaired) electrons. The Morgan fingerprint density at radius 2 is 1.68 bits per heavy atom. The van der Waals surface area contributed by atoms with E-state index in [9.17, 15) is 19.7 Å². The highest BCUT2D eigenvalue weighted by Crippen LogP contribution is 2.48. The number of amides is 1. The zero-order valence-corrected chi connectivity index (χ0v) is 13.3. The van der Waals surface area contributed by atoms with Crippen LogP contribution in [0.25, 0.3) is 6.08 Å². The quantitative estimate of drug-likeness (QED) is 0.378. The van der Waals surface area contributed by atoms with Crippen LogP contribution in [0.15, 0.2) is 60.7 Å². The zero-order chi connectivity index (χ0) is 17.9. The van der Waals surface area contributed by atoms with Gasteiger partial charge in [-0.2, -0.15) is 0 Å². The van der Waals surface area contributed by atoms with Crippen LogP contribution in [0, 0.1) is 15.5 Å². The maximum atomic E-state index is 12.5. The van der Waals surface area contributed by atoms with E-state index in [2.05, 4.69) is 5.32 Å². The van der Waals surface area contributed by atoms with Crippen molar-refractivity contribution in [2.24, 2.45) is 5.41 Å². The molecule has 126 valence electrons. The van der Waals surface area contributed by atoms with E-state index >= 15 is 0 Å². The highest BCUT2D eigenvalue weighted by Gasteiger charge is 2.55. The zero-order valence-electron chi connectivity index (χ0n) is 13.3. The minimum atomic E-state index is -1.06. The molecule has 2 aromatic carbocycles. The Hall–Kier alpha value is -3.28. The largest absolute Gasteiger partial charge is 0.325 e. The molecule has 1 amide bonds. The van der Waals surface area contributed by atoms with Gasteiger partial charge in [0.25, 0.3) is 5.69 Å². The average Bonchev–Trinajstić information content (AvgIpc) is 3.43. The van der Waals surface area contributed by atoms with E-state index in [0.29, 0.717) is 24.1 Å². The predicted molar refractivity (Wildman–Crippen MR) is 93.9 cm³/mol. The first-order valence-corrected chi connectivity index (χ1v) is 7.85. The predicted octanol–water partition coefficient (Wildman–Crippen LogP) is 3.60. The van der Waals surface area contributed by atoms with Gasteiger partial charge in [-0.1, -0.05) is 30.3 Å². The van der Waals surface area contributed by atoms with Crippen LogP contribution < -0.4 is 5.32 Å². The topological polar surface area (TPSA) is 89.3 Å². The number of nitro benzene ring substituents is 1. The third kappa shape index (κ3) is 3.47. The lowest BCUT2D eigenvalue weighted by atomic mass is 9.98. The van der Waals surface area contributed by atoms with Crippen molar-refractivity contribution in [3.05, 3.63) is 76.4 Å². The fraction of sp³-hybridized carbons (Fsp3) is 0.158. The number of nitrogens with zero attached hydrogens (tertiary/aromatic N) is 1. The lowest BCUT2D eigenvalue weighted by molar-refractivity contribution is -0.385. The first kappa shape index (κ1) is 16.6. The fourth-order valence-corrected chi connectivity index (χ4v) is 2.60. The standard InChI is InChI=1S/C19H16N2O4/c22-17(11-10-14-6-4-5-9-16(14)21(24)25)19(12-13-19)18(23)20-15-7-2-1-3-8-15/h1-11H,12-13H2,(H,20,23)/b11-10+. The number of benzene rings is 2. The molecule has 2 aromatic rings. The first-order chi connectivity index (χ1) is 12.0. The molecule has 6 nitrogen and oxygen atoms in total. The molecule has 1 aliphatic carbocycles. The summed E-state index contributed by atoms with van der Waals surface area (Å²) in [5.41, 5.74) is -0.171. The minimum absolute atomic E-state index is 0.0786. The van der Waals surface area contributed by atoms with E-state index < -0.39 is 10.3 Å². The number of anilines is 1. The second kappa shape index (κ2) is 6.68. The van der Waals surface area contributed by atoms with E-state index in [-0.39, 0.29) is 17.4 Å². The summed E-state index contributed by atoms with van der Waals surface area (Å²) < 4.78 is 0. The van der Waals surface area contributed by atoms with Gasteiger partial charge in [-0.3, -0.25) is 19.7 Å². The molecular formula is C19H16N2O4. The Bertz CT molecular complexity index is 855. The van der Waals surface area contributed by atoms with Gasteiger partial charge in [0.15, 0.2) is 5.78 Å². The molecule has 0 spiro atoms. The molecule has 0 unspecified atom stereocenters. The summed E-state index contributed by atoms with van der Waals surface area (Å²) in [6.45, 7) is 0. The summed E-state index contributed by atoms with van der Waals surface area (Å²) in [5.74, 6) is -0.671. The van der Waals surface area contributed by atoms with Gasteiger partial charge in [0, 0.05) is 11.8 Å². The second-order valence-electron chi connectivity index (χ2n) is 5.92. The Morgan fingerprint density at radius 3 is 2.32 bits per heavy atom. The molecule has 6 heteroatoms. The number of allylic oxidation sites excluding steroid dienone is 1. The van der Waals surface area contributed by atoms with Gasteiger partial charge < -0.3 is 5.32 Å². The number of hydrogen-bond acceptors (Lipinski definition) is 4. The van der Waals surface area contributed by atoms with Crippen LogP contribution in [-0.4, -0.2) is 16.6 Å². The molecule has 0 heterocycles. The number of ketones is 1. The van der Waals surface area contributed by atoms with E-state index in [0.717, 1.165) is 0 Å². The second-order valence-corrected chi connectivity index (χ2v) is 5.92. The van der Waals surface area contributed by atoms with Crippen LogP contribution in [0.3, 0.4) is 0 Å². The first-order valence-electron chi connectivity index (χ1n) is 7.85. The number of para-hydroxylation sites is 2. The summed E-state index contributed by atoms with van der Waals surface area (Å²) in [7, 11) is 0. The van der Waals surface area contributed by atoms with Crippen molar-refractivity contribution in [3.63, 3.8) is 0 Å². The molecule has 1 N–H and O–H groups in total. The van der Waals surface area contributed by atoms with Gasteiger partial charge >= 0.3 is 0 Å². The summed E-state index contributed by atoms with van der Waals surface area (Å²) in [6.07, 6.45) is 3.62. The van der Waals surface area contributed by atoms with Crippen LogP contribution in [0.5, 0.6) is 0 Å². The van der Waals surface area contributed by atoms with E-state index in [1.807, 2.05) is 6.07 Å². The van der Waals surface area contributed by atoms with Gasteiger partial charge in [0.1, 0.15) is 5.41 Å². The van der Waals surface area contributed by atoms with Crippen LogP contribution in [0.2, 0.25) is 0 Å². The van der Waals surface area contributed by atoms with Gasteiger partial charge in [0.2, 0.25) is 5.91 Å². The number of carbonyl (C=O) groups is 2. The van der Waals surface area contributed by atoms with Crippen molar-refractivity contribution >= 4 is 29.1 Å². The number of carbonyl (C=O) groups excluding carboxylic acids is 2. The lowest BCUT2D eigenvalue weighted by Gasteiger charge is -2.12. The van der Waals surface area contributed by atoms with Crippen LogP contribution in [0.1, 0.15) is 18.4 Å². The smallest absolute Gasteiger partial charge is 0.276 e. The van der Waals surface area contributed by atoms with E-state index in [1.54, 1.807) is 42.5 Å². The lowest BCUT2D eigenvalue weighted by Crippen LogP contribution is -2.30. The van der Waals surface area contributed by atoms with Crippen molar-refractivity contribution in [1.29, 1.82) is 0 Å². The molecule has 1 fully saturated rings. The normalized spacial score (nSPS) is 14.9. The van der Waals surface area contributed by atoms with E-state index in [1.165, 1.54) is 18.2 Å². The maximum Gasteiger partial charge on any atom is 0.276 e. The average molecular weight is 336 g/mol. The molecule has 0 bridgehead atoms. The molecule has 0 saturated heterocycles. The highest BCUT2D eigenvalue weighted by atomic mass is 16.6. The van der Waals surface area contributed by atoms with Gasteiger partial charge in [-0.05, 0) is 43.2 Å². The summed E-state index contributed by atoms with van der Waals surface area (Å²) >= 11 is 0. The van der Waals surface area contributed by atoms with Crippen LogP contribution >= 0.6 is 0 Å². The molecule has 0 atom stereocenters. The molecule has 0 aromatic heterocycles. The van der Waals surface area contributed by atoms with Crippen molar-refractivity contribution in [3.8, 4) is 0 Å². The Balaban J connectivity index is 1.75. The number of nitrogens with one attached hydrogen (secondary N) is 1. The van der Waals surface area contributed by atoms with Crippen molar-refractivity contribution in [1.82, 2.24) is 0 Å². The Morgan fingerprint density at radius 1 is 1.04 bits per heavy atom. The Kier molecular flexibility index (Phi) is 4.43. The molecule has 1 saturated carbocycles. The van der Waals surface area contributed by atoms with Crippen molar-refractivity contribution in [2.45, 2.75) is 12.8 Å². The molecule has 25 heavy (non-hydrogen) atoms. The monoisotopic (exact) mass is 336 g/mol. The highest BCUT2D eigenvalue weighted by molar-refractivity contribution is 6.18. The van der Waals surface area contributed by atoms with Crippen LogP contribution in [-0.2, 0) is 9.59 Å². The minimum Gasteiger partial charge on any atom is -0.325 e. The molecule has 3 rings (SSSR count). The molecule has 0 aliphatic heterocycles. The SMILES string of the molecule is O=C(/C=C/c1ccccc1[N+](=O)[O-])C1(C(=O)Nc2ccccc2)CC1. The molecular weight excluding hydrogens is 320 g/mol. The van der Waals surface area contributed by atoms with Gasteiger partial charge in [-0.15, -0.1) is 0 Å². The van der Waals surface area contributed by atoms with Gasteiger partial charge in [-0.25, -0.2) is 0 Å². The fourth-order valence-electron chi connectivity index (χ4n) is 2.60. The van der Waals surface area contributed by atoms with Crippen LogP contribution in [0.4, 0.5) is 11.4 Å². The molecule has 1 aliphatic rings. The summed E-state index contributed by atoms with van der Waals surface area (Å²) in [4.78, 5) is 35.5. The number of nitro groups is 1. The maximum absolute atomic E-state index is 12.5. The number of hydrogen-bond donors (Lipinski definition) is 1.